The SMILES string of the molecule is COc1ccc(/C=N/NC(=O)CSc2nc3ccccc3[nH]2)cc1OCc1ccc(Cl)cc1. The maximum absolute atomic E-state index is 12.1. The van der Waals surface area contributed by atoms with Crippen molar-refractivity contribution in [2.75, 3.05) is 12.9 Å². The van der Waals surface area contributed by atoms with Crippen molar-refractivity contribution in [3.8, 4) is 11.5 Å². The van der Waals surface area contributed by atoms with Gasteiger partial charge in [-0.3, -0.25) is 4.79 Å². The van der Waals surface area contributed by atoms with E-state index in [-0.39, 0.29) is 11.7 Å². The molecule has 0 saturated carbocycles. The van der Waals surface area contributed by atoms with Crippen LogP contribution in [0.3, 0.4) is 0 Å². The third-order valence-corrected chi connectivity index (χ3v) is 5.73. The second kappa shape index (κ2) is 10.9. The van der Waals surface area contributed by atoms with Gasteiger partial charge in [-0.15, -0.1) is 0 Å². The molecule has 0 aliphatic heterocycles. The zero-order valence-corrected chi connectivity index (χ0v) is 19.3. The summed E-state index contributed by atoms with van der Waals surface area (Å²) in [6, 6.07) is 20.6. The maximum Gasteiger partial charge on any atom is 0.250 e. The highest BCUT2D eigenvalue weighted by Crippen LogP contribution is 2.28. The summed E-state index contributed by atoms with van der Waals surface area (Å²) in [5, 5.41) is 5.40. The Bertz CT molecular complexity index is 1240. The first-order valence-electron chi connectivity index (χ1n) is 10.1. The minimum Gasteiger partial charge on any atom is -0.493 e. The Kier molecular flexibility index (Phi) is 7.49. The van der Waals surface area contributed by atoms with Crippen LogP contribution in [0.4, 0.5) is 0 Å². The smallest absolute Gasteiger partial charge is 0.250 e. The number of hydrogen-bond acceptors (Lipinski definition) is 6. The number of nitrogens with zero attached hydrogens (tertiary/aromatic N) is 2. The number of halogens is 1. The quantitative estimate of drug-likeness (QED) is 0.199. The van der Waals surface area contributed by atoms with Crippen molar-refractivity contribution in [3.05, 3.63) is 82.9 Å². The molecule has 0 unspecified atom stereocenters. The number of hydrogen-bond donors (Lipinski definition) is 2. The molecule has 4 rings (SSSR count). The molecule has 33 heavy (non-hydrogen) atoms. The van der Waals surface area contributed by atoms with Gasteiger partial charge in [-0.25, -0.2) is 10.4 Å². The number of nitrogens with one attached hydrogen (secondary N) is 2. The Morgan fingerprint density at radius 3 is 2.76 bits per heavy atom. The van der Waals surface area contributed by atoms with Crippen LogP contribution in [0.15, 0.2) is 77.0 Å². The Hall–Kier alpha value is -3.49. The van der Waals surface area contributed by atoms with Crippen molar-refractivity contribution in [1.82, 2.24) is 15.4 Å². The van der Waals surface area contributed by atoms with E-state index in [1.165, 1.54) is 11.8 Å². The van der Waals surface area contributed by atoms with Crippen LogP contribution in [-0.4, -0.2) is 35.0 Å². The fraction of sp³-hybridized carbons (Fsp3) is 0.125. The molecule has 0 aliphatic carbocycles. The van der Waals surface area contributed by atoms with Crippen molar-refractivity contribution in [2.24, 2.45) is 5.10 Å². The van der Waals surface area contributed by atoms with E-state index >= 15 is 0 Å². The number of imidazole rings is 1. The van der Waals surface area contributed by atoms with Crippen molar-refractivity contribution < 1.29 is 14.3 Å². The first-order valence-corrected chi connectivity index (χ1v) is 11.4. The van der Waals surface area contributed by atoms with E-state index < -0.39 is 0 Å². The summed E-state index contributed by atoms with van der Waals surface area (Å²) in [6.07, 6.45) is 1.55. The fourth-order valence-corrected chi connectivity index (χ4v) is 3.77. The normalized spacial score (nSPS) is 11.1. The average Bonchev–Trinajstić information content (AvgIpc) is 3.26. The average molecular weight is 481 g/mol. The van der Waals surface area contributed by atoms with Gasteiger partial charge in [-0.1, -0.05) is 47.6 Å². The number of benzene rings is 3. The number of carbonyl (C=O) groups excluding carboxylic acids is 1. The topological polar surface area (TPSA) is 88.6 Å². The predicted octanol–water partition coefficient (Wildman–Crippen LogP) is 5.05. The second-order valence-corrected chi connectivity index (χ2v) is 8.37. The number of amides is 1. The molecular weight excluding hydrogens is 460 g/mol. The van der Waals surface area contributed by atoms with Gasteiger partial charge in [0, 0.05) is 5.02 Å². The molecule has 168 valence electrons. The van der Waals surface area contributed by atoms with Crippen LogP contribution in [0, 0.1) is 0 Å². The Labute approximate surface area is 200 Å². The molecule has 0 aliphatic rings. The van der Waals surface area contributed by atoms with E-state index in [4.69, 9.17) is 21.1 Å². The van der Waals surface area contributed by atoms with E-state index in [0.717, 1.165) is 22.2 Å². The lowest BCUT2D eigenvalue weighted by molar-refractivity contribution is -0.118. The lowest BCUT2D eigenvalue weighted by Gasteiger charge is -2.11. The van der Waals surface area contributed by atoms with E-state index in [9.17, 15) is 4.79 Å². The van der Waals surface area contributed by atoms with E-state index in [2.05, 4.69) is 20.5 Å². The maximum atomic E-state index is 12.1. The van der Waals surface area contributed by atoms with Gasteiger partial charge >= 0.3 is 0 Å². The lowest BCUT2D eigenvalue weighted by atomic mass is 10.2. The third kappa shape index (κ3) is 6.27. The first kappa shape index (κ1) is 22.7. The molecule has 1 heterocycles. The summed E-state index contributed by atoms with van der Waals surface area (Å²) in [6.45, 7) is 0.365. The molecule has 0 saturated heterocycles. The molecule has 4 aromatic rings. The molecule has 1 amide bonds. The van der Waals surface area contributed by atoms with Gasteiger partial charge in [0.1, 0.15) is 6.61 Å². The minimum absolute atomic E-state index is 0.190. The van der Waals surface area contributed by atoms with Crippen LogP contribution in [0.1, 0.15) is 11.1 Å². The van der Waals surface area contributed by atoms with Gasteiger partial charge in [-0.05, 0) is 53.6 Å². The standard InChI is InChI=1S/C24H21ClN4O3S/c1-31-21-11-8-17(12-22(21)32-14-16-6-9-18(25)10-7-16)13-26-29-23(30)15-33-24-27-19-4-2-3-5-20(19)28-24/h2-13H,14-15H2,1H3,(H,27,28)(H,29,30)/b26-13+. The molecule has 7 nitrogen and oxygen atoms in total. The van der Waals surface area contributed by atoms with E-state index in [1.807, 2.05) is 54.6 Å². The van der Waals surface area contributed by atoms with Crippen LogP contribution in [0.2, 0.25) is 5.02 Å². The summed E-state index contributed by atoms with van der Waals surface area (Å²) in [7, 11) is 1.58. The fourth-order valence-electron chi connectivity index (χ4n) is 2.97. The highest BCUT2D eigenvalue weighted by Gasteiger charge is 2.08. The molecule has 9 heteroatoms. The molecule has 0 fully saturated rings. The summed E-state index contributed by atoms with van der Waals surface area (Å²) < 4.78 is 11.3. The van der Waals surface area contributed by atoms with Crippen LogP contribution in [-0.2, 0) is 11.4 Å². The third-order valence-electron chi connectivity index (χ3n) is 4.61. The largest absolute Gasteiger partial charge is 0.493 e. The van der Waals surface area contributed by atoms with E-state index in [1.54, 1.807) is 25.5 Å². The van der Waals surface area contributed by atoms with Gasteiger partial charge in [-0.2, -0.15) is 5.10 Å². The number of aromatic nitrogens is 2. The Morgan fingerprint density at radius 2 is 1.97 bits per heavy atom. The first-order chi connectivity index (χ1) is 16.1. The highest BCUT2D eigenvalue weighted by atomic mass is 35.5. The molecule has 0 bridgehead atoms. The van der Waals surface area contributed by atoms with Gasteiger partial charge in [0.2, 0.25) is 0 Å². The molecular formula is C24H21ClN4O3S. The highest BCUT2D eigenvalue weighted by molar-refractivity contribution is 7.99. The number of rotatable bonds is 9. The molecule has 2 N–H and O–H groups in total. The summed E-state index contributed by atoms with van der Waals surface area (Å²) in [5.41, 5.74) is 6.07. The molecule has 0 atom stereocenters. The number of thioether (sulfide) groups is 1. The van der Waals surface area contributed by atoms with E-state index in [0.29, 0.717) is 28.3 Å². The number of ether oxygens (including phenoxy) is 2. The minimum atomic E-state index is -0.232. The Morgan fingerprint density at radius 1 is 1.15 bits per heavy atom. The Balaban J connectivity index is 1.31. The van der Waals surface area contributed by atoms with Crippen LogP contribution < -0.4 is 14.9 Å². The van der Waals surface area contributed by atoms with Gasteiger partial charge in [0.05, 0.1) is 30.1 Å². The predicted molar refractivity (Wildman–Crippen MR) is 131 cm³/mol. The number of hydrazone groups is 1. The van der Waals surface area contributed by atoms with Crippen molar-refractivity contribution in [1.29, 1.82) is 0 Å². The molecule has 1 aromatic heterocycles. The number of para-hydroxylation sites is 2. The second-order valence-electron chi connectivity index (χ2n) is 6.97. The number of H-pyrrole nitrogens is 1. The summed E-state index contributed by atoms with van der Waals surface area (Å²) in [4.78, 5) is 19.7. The van der Waals surface area contributed by atoms with Crippen LogP contribution in [0.25, 0.3) is 11.0 Å². The number of carbonyl (C=O) groups is 1. The van der Waals surface area contributed by atoms with Crippen LogP contribution in [0.5, 0.6) is 11.5 Å². The molecule has 0 spiro atoms. The number of fused-ring (bicyclic) bond motifs is 1. The molecule has 3 aromatic carbocycles. The molecule has 0 radical (unpaired) electrons. The summed E-state index contributed by atoms with van der Waals surface area (Å²) in [5.74, 6) is 1.13. The van der Waals surface area contributed by atoms with Crippen molar-refractivity contribution in [2.45, 2.75) is 11.8 Å². The van der Waals surface area contributed by atoms with Crippen molar-refractivity contribution >= 4 is 46.5 Å². The summed E-state index contributed by atoms with van der Waals surface area (Å²) >= 11 is 7.24. The van der Waals surface area contributed by atoms with Crippen LogP contribution >= 0.6 is 23.4 Å². The zero-order valence-electron chi connectivity index (χ0n) is 17.7. The van der Waals surface area contributed by atoms with Gasteiger partial charge in [0.15, 0.2) is 16.7 Å². The number of methoxy groups -OCH3 is 1. The van der Waals surface area contributed by atoms with Gasteiger partial charge in [0.25, 0.3) is 5.91 Å². The van der Waals surface area contributed by atoms with Crippen molar-refractivity contribution in [3.63, 3.8) is 0 Å². The van der Waals surface area contributed by atoms with Gasteiger partial charge < -0.3 is 14.5 Å². The zero-order chi connectivity index (χ0) is 23.0. The monoisotopic (exact) mass is 480 g/mol. The number of aromatic amines is 1. The lowest BCUT2D eigenvalue weighted by Crippen LogP contribution is -2.19.